The smallest absolute Gasteiger partial charge is 0.262 e. The van der Waals surface area contributed by atoms with Crippen LogP contribution in [0, 0.1) is 5.92 Å². The van der Waals surface area contributed by atoms with Crippen molar-refractivity contribution < 1.29 is 14.3 Å². The lowest BCUT2D eigenvalue weighted by molar-refractivity contribution is -0.129. The number of hydrogen-bond acceptors (Lipinski definition) is 6. The monoisotopic (exact) mass is 489 g/mol. The van der Waals surface area contributed by atoms with Gasteiger partial charge in [-0.05, 0) is 61.2 Å². The Hall–Kier alpha value is -2.29. The van der Waals surface area contributed by atoms with Crippen LogP contribution in [0.4, 0.5) is 5.69 Å². The van der Waals surface area contributed by atoms with E-state index < -0.39 is 0 Å². The fourth-order valence-electron chi connectivity index (χ4n) is 3.39. The van der Waals surface area contributed by atoms with Crippen LogP contribution in [0.2, 0.25) is 5.02 Å². The third-order valence-corrected chi connectivity index (χ3v) is 7.69. The minimum Gasteiger partial charge on any atom is -0.484 e. The second kappa shape index (κ2) is 10.6. The lowest BCUT2D eigenvalue weighted by Crippen LogP contribution is -2.38. The predicted molar refractivity (Wildman–Crippen MR) is 131 cm³/mol. The molecule has 1 fully saturated rings. The zero-order chi connectivity index (χ0) is 22.5. The molecule has 2 amide bonds. The minimum atomic E-state index is -0.250. The average Bonchev–Trinajstić information content (AvgIpc) is 3.20. The summed E-state index contributed by atoms with van der Waals surface area (Å²) in [7, 11) is 0. The van der Waals surface area contributed by atoms with E-state index in [0.717, 1.165) is 40.5 Å². The van der Waals surface area contributed by atoms with Gasteiger partial charge >= 0.3 is 0 Å². The van der Waals surface area contributed by atoms with E-state index in [1.54, 1.807) is 24.3 Å². The van der Waals surface area contributed by atoms with Gasteiger partial charge in [-0.15, -0.1) is 11.3 Å². The number of nitrogens with one attached hydrogen (secondary N) is 1. The van der Waals surface area contributed by atoms with Crippen molar-refractivity contribution >= 4 is 62.4 Å². The zero-order valence-corrected chi connectivity index (χ0v) is 20.1. The minimum absolute atomic E-state index is 0.0964. The molecule has 1 aliphatic heterocycles. The first kappa shape index (κ1) is 22.9. The molecule has 0 bridgehead atoms. The second-order valence-corrected chi connectivity index (χ2v) is 10.5. The third kappa shape index (κ3) is 6.15. The molecule has 32 heavy (non-hydrogen) atoms. The molecule has 0 spiro atoms. The molecule has 1 saturated heterocycles. The first-order valence-corrected chi connectivity index (χ1v) is 12.6. The summed E-state index contributed by atoms with van der Waals surface area (Å²) in [5, 5.41) is 3.46. The Labute approximate surface area is 200 Å². The lowest BCUT2D eigenvalue weighted by Gasteiger charge is -2.30. The summed E-state index contributed by atoms with van der Waals surface area (Å²) in [5.41, 5.74) is 1.54. The van der Waals surface area contributed by atoms with E-state index in [-0.39, 0.29) is 18.4 Å². The van der Waals surface area contributed by atoms with Crippen LogP contribution in [0.3, 0.4) is 0 Å². The molecule has 0 radical (unpaired) electrons. The molecule has 0 unspecified atom stereocenters. The normalized spacial score (nSPS) is 14.5. The molecule has 0 saturated carbocycles. The Morgan fingerprint density at radius 1 is 1.22 bits per heavy atom. The highest BCUT2D eigenvalue weighted by molar-refractivity contribution is 8.01. The van der Waals surface area contributed by atoms with Crippen LogP contribution in [0.15, 0.2) is 46.8 Å². The Morgan fingerprint density at radius 3 is 2.72 bits per heavy atom. The molecule has 1 aromatic heterocycles. The number of rotatable bonds is 7. The first-order valence-electron chi connectivity index (χ1n) is 10.5. The molecule has 2 heterocycles. The van der Waals surface area contributed by atoms with Gasteiger partial charge in [0.2, 0.25) is 5.91 Å². The van der Waals surface area contributed by atoms with Crippen molar-refractivity contribution in [1.29, 1.82) is 0 Å². The summed E-state index contributed by atoms with van der Waals surface area (Å²) in [6, 6.07) is 12.4. The number of thiazole rings is 1. The molecule has 2 aromatic carbocycles. The van der Waals surface area contributed by atoms with Crippen molar-refractivity contribution in [3.8, 4) is 5.75 Å². The summed E-state index contributed by atoms with van der Waals surface area (Å²) < 4.78 is 7.29. The van der Waals surface area contributed by atoms with Crippen molar-refractivity contribution in [2.24, 2.45) is 5.92 Å². The van der Waals surface area contributed by atoms with Gasteiger partial charge < -0.3 is 15.0 Å². The molecule has 0 aliphatic carbocycles. The van der Waals surface area contributed by atoms with Crippen LogP contribution in [-0.4, -0.2) is 47.1 Å². The van der Waals surface area contributed by atoms with E-state index in [0.29, 0.717) is 28.1 Å². The summed E-state index contributed by atoms with van der Waals surface area (Å²) in [4.78, 5) is 31.3. The number of aromatic nitrogens is 1. The maximum absolute atomic E-state index is 12.5. The van der Waals surface area contributed by atoms with Crippen LogP contribution in [-0.2, 0) is 9.59 Å². The Kier molecular flexibility index (Phi) is 7.55. The molecule has 0 atom stereocenters. The Balaban J connectivity index is 1.29. The fourth-order valence-corrected chi connectivity index (χ4v) is 5.53. The van der Waals surface area contributed by atoms with E-state index in [2.05, 4.69) is 17.2 Å². The number of amides is 2. The van der Waals surface area contributed by atoms with Crippen LogP contribution in [0.1, 0.15) is 19.8 Å². The van der Waals surface area contributed by atoms with Gasteiger partial charge in [-0.3, -0.25) is 9.59 Å². The molecule has 6 nitrogen and oxygen atoms in total. The first-order chi connectivity index (χ1) is 15.5. The number of hydrogen-bond donors (Lipinski definition) is 1. The van der Waals surface area contributed by atoms with Crippen LogP contribution < -0.4 is 10.1 Å². The summed E-state index contributed by atoms with van der Waals surface area (Å²) in [6.45, 7) is 3.85. The van der Waals surface area contributed by atoms with Crippen LogP contribution >= 0.6 is 34.7 Å². The SMILES string of the molecule is CC1CCN(C(=O)CSc2nc3ccc(NC(=O)COc4ccc(Cl)cc4)cc3s2)CC1. The number of thioether (sulfide) groups is 1. The van der Waals surface area contributed by atoms with Crippen LogP contribution in [0.25, 0.3) is 10.2 Å². The van der Waals surface area contributed by atoms with Crippen molar-refractivity contribution in [2.75, 3.05) is 30.8 Å². The van der Waals surface area contributed by atoms with Crippen molar-refractivity contribution in [1.82, 2.24) is 9.88 Å². The summed E-state index contributed by atoms with van der Waals surface area (Å²) >= 11 is 8.85. The molecular weight excluding hydrogens is 466 g/mol. The standard InChI is InChI=1S/C23H24ClN3O3S2/c1-15-8-10-27(11-9-15)22(29)14-31-23-26-19-7-4-17(12-20(19)32-23)25-21(28)13-30-18-5-2-16(24)3-6-18/h2-7,12,15H,8-11,13-14H2,1H3,(H,25,28). The van der Waals surface area contributed by atoms with Gasteiger partial charge in [-0.2, -0.15) is 0 Å². The van der Waals surface area contributed by atoms with Crippen molar-refractivity contribution in [3.63, 3.8) is 0 Å². The number of carbonyl (C=O) groups is 2. The molecule has 1 aliphatic rings. The highest BCUT2D eigenvalue weighted by Gasteiger charge is 2.20. The average molecular weight is 490 g/mol. The maximum atomic E-state index is 12.5. The van der Waals surface area contributed by atoms with Gasteiger partial charge in [0.1, 0.15) is 5.75 Å². The quantitative estimate of drug-likeness (QED) is 0.455. The predicted octanol–water partition coefficient (Wildman–Crippen LogP) is 5.32. The highest BCUT2D eigenvalue weighted by Crippen LogP contribution is 2.31. The van der Waals surface area contributed by atoms with Crippen LogP contribution in [0.5, 0.6) is 5.75 Å². The Morgan fingerprint density at radius 2 is 1.97 bits per heavy atom. The number of piperidine rings is 1. The number of fused-ring (bicyclic) bond motifs is 1. The number of nitrogens with zero attached hydrogens (tertiary/aromatic N) is 2. The second-order valence-electron chi connectivity index (χ2n) is 7.81. The van der Waals surface area contributed by atoms with E-state index in [1.807, 2.05) is 23.1 Å². The summed E-state index contributed by atoms with van der Waals surface area (Å²) in [5.74, 6) is 1.61. The fraction of sp³-hybridized carbons (Fsp3) is 0.348. The van der Waals surface area contributed by atoms with E-state index >= 15 is 0 Å². The molecule has 168 valence electrons. The number of anilines is 1. The van der Waals surface area contributed by atoms with Crippen molar-refractivity contribution in [3.05, 3.63) is 47.5 Å². The summed E-state index contributed by atoms with van der Waals surface area (Å²) in [6.07, 6.45) is 2.16. The molecule has 9 heteroatoms. The maximum Gasteiger partial charge on any atom is 0.262 e. The van der Waals surface area contributed by atoms with Gasteiger partial charge in [-0.1, -0.05) is 30.3 Å². The third-order valence-electron chi connectivity index (χ3n) is 5.29. The number of benzene rings is 2. The van der Waals surface area contributed by atoms with E-state index in [1.165, 1.54) is 23.1 Å². The van der Waals surface area contributed by atoms with Gasteiger partial charge in [0.05, 0.1) is 16.0 Å². The van der Waals surface area contributed by atoms with Crippen molar-refractivity contribution in [2.45, 2.75) is 24.1 Å². The molecule has 4 rings (SSSR count). The van der Waals surface area contributed by atoms with Gasteiger partial charge in [0.15, 0.2) is 10.9 Å². The molecule has 1 N–H and O–H groups in total. The van der Waals surface area contributed by atoms with E-state index in [9.17, 15) is 9.59 Å². The lowest BCUT2D eigenvalue weighted by atomic mass is 9.99. The largest absolute Gasteiger partial charge is 0.484 e. The number of halogens is 1. The van der Waals surface area contributed by atoms with Gasteiger partial charge in [0, 0.05) is 23.8 Å². The van der Waals surface area contributed by atoms with Gasteiger partial charge in [0.25, 0.3) is 5.91 Å². The topological polar surface area (TPSA) is 71.5 Å². The molecular formula is C23H24ClN3O3S2. The Bertz CT molecular complexity index is 1100. The molecule has 3 aromatic rings. The number of ether oxygens (including phenoxy) is 1. The van der Waals surface area contributed by atoms with Gasteiger partial charge in [-0.25, -0.2) is 4.98 Å². The van der Waals surface area contributed by atoms with E-state index in [4.69, 9.17) is 16.3 Å². The number of carbonyl (C=O) groups excluding carboxylic acids is 2. The number of likely N-dealkylation sites (tertiary alicyclic amines) is 1. The highest BCUT2D eigenvalue weighted by atomic mass is 35.5. The zero-order valence-electron chi connectivity index (χ0n) is 17.7.